The van der Waals surface area contributed by atoms with E-state index in [1.165, 1.54) is 0 Å². The minimum Gasteiger partial charge on any atom is -0.273 e. The van der Waals surface area contributed by atoms with Crippen LogP contribution in [0.1, 0.15) is 19.2 Å². The number of imidazole rings is 1. The van der Waals surface area contributed by atoms with E-state index in [0.29, 0.717) is 13.0 Å². The number of aryl methyl sites for hydroxylation is 1. The first kappa shape index (κ1) is 15.6. The van der Waals surface area contributed by atoms with Crippen LogP contribution in [0.2, 0.25) is 0 Å². The highest BCUT2D eigenvalue weighted by Crippen LogP contribution is 2.17. The Hall–Kier alpha value is -1.82. The Morgan fingerprint density at radius 3 is 2.90 bits per heavy atom. The molecular formula is C15H20N4OS. The first-order valence-corrected chi connectivity index (χ1v) is 8.32. The molecule has 6 heteroatoms. The van der Waals surface area contributed by atoms with Crippen molar-refractivity contribution in [1.29, 1.82) is 0 Å². The number of pyridine rings is 1. The van der Waals surface area contributed by atoms with Gasteiger partial charge in [0.05, 0.1) is 11.9 Å². The van der Waals surface area contributed by atoms with Crippen molar-refractivity contribution in [3.63, 3.8) is 0 Å². The number of rotatable bonds is 6. The Balaban J connectivity index is 2.27. The zero-order chi connectivity index (χ0) is 15.2. The molecule has 0 aromatic carbocycles. The number of nitrogens with zero attached hydrogens (tertiary/aromatic N) is 4. The van der Waals surface area contributed by atoms with Crippen molar-refractivity contribution in [2.45, 2.75) is 20.3 Å². The maximum Gasteiger partial charge on any atom is 0.242 e. The summed E-state index contributed by atoms with van der Waals surface area (Å²) in [5.41, 5.74) is 1.78. The van der Waals surface area contributed by atoms with Crippen LogP contribution in [0, 0.1) is 6.92 Å². The fourth-order valence-electron chi connectivity index (χ4n) is 2.13. The highest BCUT2D eigenvalue weighted by molar-refractivity contribution is 7.98. The molecule has 0 aliphatic carbocycles. The van der Waals surface area contributed by atoms with Crippen LogP contribution < -0.4 is 5.01 Å². The van der Waals surface area contributed by atoms with E-state index < -0.39 is 0 Å². The van der Waals surface area contributed by atoms with Gasteiger partial charge in [-0.3, -0.25) is 9.78 Å². The van der Waals surface area contributed by atoms with Crippen molar-refractivity contribution in [1.82, 2.24) is 14.6 Å². The molecule has 112 valence electrons. The summed E-state index contributed by atoms with van der Waals surface area (Å²) in [6.45, 7) is 4.50. The summed E-state index contributed by atoms with van der Waals surface area (Å²) in [4.78, 5) is 20.9. The maximum absolute atomic E-state index is 12.3. The summed E-state index contributed by atoms with van der Waals surface area (Å²) >= 11 is 1.68. The van der Waals surface area contributed by atoms with Crippen molar-refractivity contribution in [3.05, 3.63) is 36.5 Å². The first-order chi connectivity index (χ1) is 10.2. The van der Waals surface area contributed by atoms with Gasteiger partial charge in [-0.15, -0.1) is 0 Å². The van der Waals surface area contributed by atoms with Crippen LogP contribution in [0.25, 0.3) is 11.3 Å². The van der Waals surface area contributed by atoms with E-state index in [-0.39, 0.29) is 5.91 Å². The molecule has 1 amide bonds. The molecule has 21 heavy (non-hydrogen) atoms. The van der Waals surface area contributed by atoms with Gasteiger partial charge in [0.1, 0.15) is 5.82 Å². The molecule has 0 N–H and O–H groups in total. The summed E-state index contributed by atoms with van der Waals surface area (Å²) in [6, 6.07) is 3.84. The van der Waals surface area contributed by atoms with E-state index in [2.05, 4.69) is 9.97 Å². The summed E-state index contributed by atoms with van der Waals surface area (Å²) in [5, 5.41) is 1.73. The molecule has 0 fully saturated rings. The molecule has 2 heterocycles. The molecule has 0 unspecified atom stereocenters. The monoisotopic (exact) mass is 304 g/mol. The fourth-order valence-corrected chi connectivity index (χ4v) is 2.51. The lowest BCUT2D eigenvalue weighted by Crippen LogP contribution is -2.40. The molecule has 0 aliphatic heterocycles. The summed E-state index contributed by atoms with van der Waals surface area (Å²) in [6.07, 6.45) is 7.95. The number of aromatic nitrogens is 3. The molecule has 2 rings (SSSR count). The standard InChI is InChI=1S/C15H20N4OS/c1-4-18(15(20)7-9-21-3)19-11-14(17-12(19)2)13-6-5-8-16-10-13/h5-6,8,10-11H,4,7,9H2,1-3H3. The van der Waals surface area contributed by atoms with Crippen LogP contribution in [0.15, 0.2) is 30.7 Å². The minimum atomic E-state index is 0.116. The number of hydrogen-bond donors (Lipinski definition) is 0. The minimum absolute atomic E-state index is 0.116. The van der Waals surface area contributed by atoms with Crippen molar-refractivity contribution >= 4 is 17.7 Å². The lowest BCUT2D eigenvalue weighted by atomic mass is 10.2. The van der Waals surface area contributed by atoms with Crippen molar-refractivity contribution < 1.29 is 4.79 Å². The zero-order valence-electron chi connectivity index (χ0n) is 12.6. The van der Waals surface area contributed by atoms with E-state index >= 15 is 0 Å². The topological polar surface area (TPSA) is 51.0 Å². The molecule has 2 aromatic heterocycles. The van der Waals surface area contributed by atoms with E-state index in [1.807, 2.05) is 43.1 Å². The molecule has 0 bridgehead atoms. The van der Waals surface area contributed by atoms with Gasteiger partial charge in [-0.2, -0.15) is 11.8 Å². The van der Waals surface area contributed by atoms with Gasteiger partial charge in [0.15, 0.2) is 0 Å². The molecular weight excluding hydrogens is 284 g/mol. The highest BCUT2D eigenvalue weighted by atomic mass is 32.2. The predicted octanol–water partition coefficient (Wildman–Crippen LogP) is 2.49. The van der Waals surface area contributed by atoms with E-state index in [9.17, 15) is 4.79 Å². The second-order valence-electron chi connectivity index (χ2n) is 4.61. The molecule has 5 nitrogen and oxygen atoms in total. The van der Waals surface area contributed by atoms with Gasteiger partial charge >= 0.3 is 0 Å². The second kappa shape index (κ2) is 7.26. The Labute approximate surface area is 129 Å². The lowest BCUT2D eigenvalue weighted by molar-refractivity contribution is -0.119. The SMILES string of the molecule is CCN(C(=O)CCSC)n1cc(-c2cccnc2)nc1C. The summed E-state index contributed by atoms with van der Waals surface area (Å²) in [5.74, 6) is 1.75. The molecule has 0 spiro atoms. The van der Waals surface area contributed by atoms with Gasteiger partial charge in [-0.05, 0) is 32.2 Å². The van der Waals surface area contributed by atoms with Crippen LogP contribution in [0.3, 0.4) is 0 Å². The fraction of sp³-hybridized carbons (Fsp3) is 0.400. The van der Waals surface area contributed by atoms with Gasteiger partial charge < -0.3 is 0 Å². The highest BCUT2D eigenvalue weighted by Gasteiger charge is 2.17. The normalized spacial score (nSPS) is 10.6. The van der Waals surface area contributed by atoms with Crippen LogP contribution in [0.5, 0.6) is 0 Å². The number of carbonyl (C=O) groups is 1. The molecule has 0 aliphatic rings. The van der Waals surface area contributed by atoms with Gasteiger partial charge in [-0.25, -0.2) is 14.7 Å². The van der Waals surface area contributed by atoms with Crippen molar-refractivity contribution in [3.8, 4) is 11.3 Å². The largest absolute Gasteiger partial charge is 0.273 e. The number of hydrogen-bond acceptors (Lipinski definition) is 4. The number of carbonyl (C=O) groups excluding carboxylic acids is 1. The molecule has 2 aromatic rings. The van der Waals surface area contributed by atoms with Gasteiger partial charge in [0.2, 0.25) is 5.91 Å². The smallest absolute Gasteiger partial charge is 0.242 e. The maximum atomic E-state index is 12.3. The first-order valence-electron chi connectivity index (χ1n) is 6.93. The third-order valence-electron chi connectivity index (χ3n) is 3.18. The van der Waals surface area contributed by atoms with Crippen molar-refractivity contribution in [2.75, 3.05) is 23.6 Å². The molecule has 0 saturated carbocycles. The summed E-state index contributed by atoms with van der Waals surface area (Å²) in [7, 11) is 0. The van der Waals surface area contributed by atoms with Gasteiger partial charge in [0.25, 0.3) is 0 Å². The van der Waals surface area contributed by atoms with Gasteiger partial charge in [-0.1, -0.05) is 0 Å². The predicted molar refractivity (Wildman–Crippen MR) is 87.0 cm³/mol. The number of amides is 1. The lowest BCUT2D eigenvalue weighted by Gasteiger charge is -2.22. The van der Waals surface area contributed by atoms with Crippen LogP contribution in [-0.2, 0) is 4.79 Å². The van der Waals surface area contributed by atoms with Crippen LogP contribution in [0.4, 0.5) is 0 Å². The average Bonchev–Trinajstić information content (AvgIpc) is 2.89. The third-order valence-corrected chi connectivity index (χ3v) is 3.80. The number of thioether (sulfide) groups is 1. The molecule has 0 atom stereocenters. The quantitative estimate of drug-likeness (QED) is 0.823. The molecule has 0 saturated heterocycles. The van der Waals surface area contributed by atoms with E-state index in [0.717, 1.165) is 22.8 Å². The van der Waals surface area contributed by atoms with Crippen LogP contribution >= 0.6 is 11.8 Å². The Morgan fingerprint density at radius 1 is 1.48 bits per heavy atom. The second-order valence-corrected chi connectivity index (χ2v) is 5.60. The average molecular weight is 304 g/mol. The van der Waals surface area contributed by atoms with Crippen LogP contribution in [-0.4, -0.2) is 39.1 Å². The Bertz CT molecular complexity index is 597. The Morgan fingerprint density at radius 2 is 2.29 bits per heavy atom. The van der Waals surface area contributed by atoms with E-state index in [1.54, 1.807) is 29.2 Å². The van der Waals surface area contributed by atoms with E-state index in [4.69, 9.17) is 0 Å². The Kier molecular flexibility index (Phi) is 5.38. The third kappa shape index (κ3) is 3.64. The zero-order valence-corrected chi connectivity index (χ0v) is 13.4. The van der Waals surface area contributed by atoms with Gasteiger partial charge in [0, 0.05) is 36.7 Å². The molecule has 0 radical (unpaired) electrons. The summed E-state index contributed by atoms with van der Waals surface area (Å²) < 4.78 is 1.84. The van der Waals surface area contributed by atoms with Crippen molar-refractivity contribution in [2.24, 2.45) is 0 Å².